The Morgan fingerprint density at radius 3 is 2.45 bits per heavy atom. The minimum atomic E-state index is -1.26. The Morgan fingerprint density at radius 2 is 1.77 bits per heavy atom. The molecule has 1 aliphatic heterocycles. The van der Waals surface area contributed by atoms with Crippen molar-refractivity contribution < 1.29 is 19.1 Å². The molecule has 1 heterocycles. The Bertz CT molecular complexity index is 1190. The van der Waals surface area contributed by atoms with Crippen molar-refractivity contribution in [3.63, 3.8) is 0 Å². The minimum Gasteiger partial charge on any atom is -0.545 e. The molecule has 4 rings (SSSR count). The van der Waals surface area contributed by atoms with Gasteiger partial charge in [0.1, 0.15) is 5.82 Å². The first-order chi connectivity index (χ1) is 15.0. The maximum absolute atomic E-state index is 13.6. The monoisotopic (exact) mass is 431 g/mol. The lowest BCUT2D eigenvalue weighted by Gasteiger charge is -2.16. The third-order valence-corrected chi connectivity index (χ3v) is 5.55. The average molecular weight is 431 g/mol. The van der Waals surface area contributed by atoms with Crippen LogP contribution in [0, 0.1) is 5.82 Å². The number of carboxylic acid groups (broad SMARTS) is 1. The van der Waals surface area contributed by atoms with Crippen molar-refractivity contribution in [1.82, 2.24) is 4.90 Å². The fourth-order valence-corrected chi connectivity index (χ4v) is 4.02. The van der Waals surface area contributed by atoms with E-state index in [0.29, 0.717) is 21.3 Å². The van der Waals surface area contributed by atoms with Crippen molar-refractivity contribution in [3.8, 4) is 0 Å². The summed E-state index contributed by atoms with van der Waals surface area (Å²) in [5.74, 6) is -1.90. The average Bonchev–Trinajstić information content (AvgIpc) is 3.03. The molecule has 0 aliphatic carbocycles. The van der Waals surface area contributed by atoms with Crippen LogP contribution in [0.4, 0.5) is 10.1 Å². The predicted molar refractivity (Wildman–Crippen MR) is 117 cm³/mol. The van der Waals surface area contributed by atoms with Gasteiger partial charge in [-0.25, -0.2) is 9.38 Å². The van der Waals surface area contributed by atoms with Crippen LogP contribution in [0.3, 0.4) is 0 Å². The van der Waals surface area contributed by atoms with Gasteiger partial charge in [-0.15, -0.1) is 0 Å². The summed E-state index contributed by atoms with van der Waals surface area (Å²) in [4.78, 5) is 30.7. The number of hydrogen-bond donors (Lipinski definition) is 0. The van der Waals surface area contributed by atoms with Crippen LogP contribution in [-0.2, 0) is 11.3 Å². The lowest BCUT2D eigenvalue weighted by atomic mass is 10.1. The number of nitrogens with zero attached hydrogens (tertiary/aromatic N) is 2. The van der Waals surface area contributed by atoms with Gasteiger partial charge in [0.05, 0.1) is 23.1 Å². The van der Waals surface area contributed by atoms with E-state index in [-0.39, 0.29) is 23.8 Å². The molecule has 1 aliphatic rings. The largest absolute Gasteiger partial charge is 0.545 e. The quantitative estimate of drug-likeness (QED) is 0.573. The van der Waals surface area contributed by atoms with Crippen LogP contribution in [0.15, 0.2) is 88.8 Å². The van der Waals surface area contributed by atoms with Crippen molar-refractivity contribution in [2.75, 3.05) is 0 Å². The molecule has 0 unspecified atom stereocenters. The molecule has 1 fully saturated rings. The number of carbonyl (C=O) groups excluding carboxylic acids is 2. The minimum absolute atomic E-state index is 0.0655. The van der Waals surface area contributed by atoms with E-state index >= 15 is 0 Å². The highest BCUT2D eigenvalue weighted by Crippen LogP contribution is 2.35. The number of aromatic carboxylic acids is 1. The maximum Gasteiger partial charge on any atom is 0.267 e. The summed E-state index contributed by atoms with van der Waals surface area (Å²) >= 11 is 1.21. The molecule has 1 amide bonds. The molecule has 0 spiro atoms. The van der Waals surface area contributed by atoms with Crippen molar-refractivity contribution in [2.45, 2.75) is 6.54 Å². The Kier molecular flexibility index (Phi) is 5.95. The molecule has 7 heteroatoms. The van der Waals surface area contributed by atoms with E-state index in [0.717, 1.165) is 5.56 Å². The number of aliphatic imine (C=N–C) groups is 1. The van der Waals surface area contributed by atoms with E-state index in [1.54, 1.807) is 30.3 Å². The van der Waals surface area contributed by atoms with E-state index in [1.807, 2.05) is 30.3 Å². The van der Waals surface area contributed by atoms with Gasteiger partial charge in [-0.1, -0.05) is 54.6 Å². The lowest BCUT2D eigenvalue weighted by molar-refractivity contribution is -0.255. The topological polar surface area (TPSA) is 72.8 Å². The van der Waals surface area contributed by atoms with E-state index in [2.05, 4.69) is 4.99 Å². The number of thioether (sulfide) groups is 1. The first kappa shape index (κ1) is 20.6. The highest BCUT2D eigenvalue weighted by molar-refractivity contribution is 8.18. The van der Waals surface area contributed by atoms with Crippen LogP contribution >= 0.6 is 11.8 Å². The molecule has 0 atom stereocenters. The molecular weight excluding hydrogens is 415 g/mol. The first-order valence-corrected chi connectivity index (χ1v) is 10.2. The molecule has 0 N–H and O–H groups in total. The standard InChI is InChI=1S/C24H17FN2O3S/c25-19-6-4-5-17(13-19)14-21-22(28)27(15-16-9-11-18(12-10-16)23(29)30)24(31-21)26-20-7-2-1-3-8-20/h1-14H,15H2,(H,29,30)/p-1/b21-14-,26-24?. The third kappa shape index (κ3) is 4.90. The maximum atomic E-state index is 13.6. The number of halogens is 1. The number of benzene rings is 3. The first-order valence-electron chi connectivity index (χ1n) is 9.40. The zero-order chi connectivity index (χ0) is 21.8. The van der Waals surface area contributed by atoms with Gasteiger partial charge in [-0.2, -0.15) is 0 Å². The Balaban J connectivity index is 1.67. The van der Waals surface area contributed by atoms with Gasteiger partial charge in [0.2, 0.25) is 0 Å². The number of carboxylic acids is 1. The summed E-state index contributed by atoms with van der Waals surface area (Å²) in [5.41, 5.74) is 2.08. The van der Waals surface area contributed by atoms with Crippen molar-refractivity contribution in [2.24, 2.45) is 4.99 Å². The number of rotatable bonds is 5. The number of amides is 1. The Labute approximate surface area is 182 Å². The molecule has 0 bridgehead atoms. The number of hydrogen-bond acceptors (Lipinski definition) is 5. The van der Waals surface area contributed by atoms with Gasteiger partial charge in [0.25, 0.3) is 5.91 Å². The van der Waals surface area contributed by atoms with Gasteiger partial charge < -0.3 is 9.90 Å². The summed E-state index contributed by atoms with van der Waals surface area (Å²) < 4.78 is 13.6. The second-order valence-electron chi connectivity index (χ2n) is 6.77. The van der Waals surface area contributed by atoms with Crippen LogP contribution in [0.25, 0.3) is 6.08 Å². The van der Waals surface area contributed by atoms with E-state index in [4.69, 9.17) is 0 Å². The van der Waals surface area contributed by atoms with E-state index < -0.39 is 5.97 Å². The summed E-state index contributed by atoms with van der Waals surface area (Å²) in [5, 5.41) is 11.5. The molecule has 0 radical (unpaired) electrons. The van der Waals surface area contributed by atoms with Crippen LogP contribution in [0.5, 0.6) is 0 Å². The summed E-state index contributed by atoms with van der Waals surface area (Å²) in [6.45, 7) is 0.214. The number of amidine groups is 1. The van der Waals surface area contributed by atoms with Gasteiger partial charge in [-0.05, 0) is 58.8 Å². The van der Waals surface area contributed by atoms with Crippen molar-refractivity contribution >= 4 is 40.6 Å². The Hall–Kier alpha value is -3.71. The zero-order valence-corrected chi connectivity index (χ0v) is 17.0. The summed E-state index contributed by atoms with van der Waals surface area (Å²) in [6.07, 6.45) is 1.63. The molecule has 0 aromatic heterocycles. The number of carbonyl (C=O) groups is 2. The normalized spacial score (nSPS) is 16.3. The second kappa shape index (κ2) is 8.97. The lowest BCUT2D eigenvalue weighted by Crippen LogP contribution is -2.28. The van der Waals surface area contributed by atoms with Crippen LogP contribution < -0.4 is 5.11 Å². The molecule has 3 aromatic rings. The summed E-state index contributed by atoms with van der Waals surface area (Å²) in [7, 11) is 0. The van der Waals surface area contributed by atoms with Gasteiger partial charge in [0.15, 0.2) is 5.17 Å². The molecule has 0 saturated carbocycles. The smallest absolute Gasteiger partial charge is 0.267 e. The van der Waals surface area contributed by atoms with Crippen LogP contribution in [0.1, 0.15) is 21.5 Å². The highest BCUT2D eigenvalue weighted by atomic mass is 32.2. The predicted octanol–water partition coefficient (Wildman–Crippen LogP) is 3.99. The Morgan fingerprint density at radius 1 is 1.03 bits per heavy atom. The SMILES string of the molecule is O=C([O-])c1ccc(CN2C(=O)/C(=C/c3cccc(F)c3)SC2=Nc2ccccc2)cc1. The van der Waals surface area contributed by atoms with Crippen molar-refractivity contribution in [1.29, 1.82) is 0 Å². The van der Waals surface area contributed by atoms with E-state index in [1.165, 1.54) is 40.9 Å². The van der Waals surface area contributed by atoms with Gasteiger partial charge in [0, 0.05) is 0 Å². The van der Waals surface area contributed by atoms with Crippen LogP contribution in [-0.4, -0.2) is 21.9 Å². The molecular formula is C24H16FN2O3S-. The fraction of sp³-hybridized carbons (Fsp3) is 0.0417. The number of para-hydroxylation sites is 1. The molecule has 154 valence electrons. The molecule has 31 heavy (non-hydrogen) atoms. The second-order valence-corrected chi connectivity index (χ2v) is 7.78. The van der Waals surface area contributed by atoms with E-state index in [9.17, 15) is 19.1 Å². The zero-order valence-electron chi connectivity index (χ0n) is 16.2. The molecule has 3 aromatic carbocycles. The van der Waals surface area contributed by atoms with Gasteiger partial charge in [-0.3, -0.25) is 9.69 Å². The molecule has 1 saturated heterocycles. The van der Waals surface area contributed by atoms with Crippen molar-refractivity contribution in [3.05, 3.63) is 106 Å². The third-order valence-electron chi connectivity index (χ3n) is 4.55. The fourth-order valence-electron chi connectivity index (χ4n) is 3.02. The molecule has 5 nitrogen and oxygen atoms in total. The van der Waals surface area contributed by atoms with Gasteiger partial charge >= 0.3 is 0 Å². The highest BCUT2D eigenvalue weighted by Gasteiger charge is 2.33. The summed E-state index contributed by atoms with van der Waals surface area (Å²) in [6, 6.07) is 21.4. The van der Waals surface area contributed by atoms with Crippen LogP contribution in [0.2, 0.25) is 0 Å².